The largest absolute Gasteiger partial charge is 0.497 e. The van der Waals surface area contributed by atoms with Gasteiger partial charge < -0.3 is 18.8 Å². The molecule has 8 nitrogen and oxygen atoms in total. The van der Waals surface area contributed by atoms with Crippen molar-refractivity contribution in [2.24, 2.45) is 0 Å². The Morgan fingerprint density at radius 1 is 1.12 bits per heavy atom. The van der Waals surface area contributed by atoms with Crippen LogP contribution < -0.4 is 15.1 Å². The minimum absolute atomic E-state index is 0.133. The number of imide groups is 1. The first kappa shape index (κ1) is 30.5. The summed E-state index contributed by atoms with van der Waals surface area (Å²) >= 11 is 0. The van der Waals surface area contributed by atoms with Crippen molar-refractivity contribution in [2.75, 3.05) is 27.3 Å². The second kappa shape index (κ2) is 13.4. The maximum absolute atomic E-state index is 13.5. The number of unbranched alkanes of at least 4 members (excludes halogenated alkanes) is 1. The summed E-state index contributed by atoms with van der Waals surface area (Å²) in [6.07, 6.45) is -2.37. The van der Waals surface area contributed by atoms with E-state index in [1.54, 1.807) is 26.3 Å². The van der Waals surface area contributed by atoms with E-state index in [1.807, 2.05) is 26.0 Å². The molecule has 216 valence electrons. The van der Waals surface area contributed by atoms with Crippen LogP contribution in [-0.2, 0) is 17.4 Å². The van der Waals surface area contributed by atoms with Crippen molar-refractivity contribution in [1.82, 2.24) is 9.80 Å². The molecule has 0 N–H and O–H groups in total. The van der Waals surface area contributed by atoms with Crippen LogP contribution in [0.15, 0.2) is 51.7 Å². The fourth-order valence-electron chi connectivity index (χ4n) is 4.35. The van der Waals surface area contributed by atoms with Gasteiger partial charge in [0.25, 0.3) is 0 Å². The Bertz CT molecular complexity index is 1370. The molecule has 0 fully saturated rings. The average molecular weight is 563 g/mol. The summed E-state index contributed by atoms with van der Waals surface area (Å²) in [6.45, 7) is 4.05. The van der Waals surface area contributed by atoms with Gasteiger partial charge in [-0.05, 0) is 56.0 Å². The van der Waals surface area contributed by atoms with E-state index in [-0.39, 0.29) is 30.2 Å². The van der Waals surface area contributed by atoms with Gasteiger partial charge in [0.15, 0.2) is 0 Å². The van der Waals surface area contributed by atoms with Crippen molar-refractivity contribution in [3.05, 3.63) is 69.6 Å². The molecule has 1 atom stereocenters. The number of hydrogen-bond acceptors (Lipinski definition) is 6. The van der Waals surface area contributed by atoms with Gasteiger partial charge in [-0.1, -0.05) is 25.5 Å². The molecule has 0 bridgehead atoms. The van der Waals surface area contributed by atoms with Gasteiger partial charge in [-0.25, -0.2) is 9.59 Å². The predicted molar refractivity (Wildman–Crippen MR) is 144 cm³/mol. The van der Waals surface area contributed by atoms with Crippen LogP contribution in [0.2, 0.25) is 0 Å². The van der Waals surface area contributed by atoms with Crippen LogP contribution in [0.5, 0.6) is 11.5 Å². The van der Waals surface area contributed by atoms with Crippen LogP contribution >= 0.6 is 0 Å². The number of fused-ring (bicyclic) bond motifs is 1. The summed E-state index contributed by atoms with van der Waals surface area (Å²) in [5.74, 6) is 1.02. The molecule has 0 saturated carbocycles. The molecular weight excluding hydrogens is 529 g/mol. The molecule has 2 aromatic carbocycles. The van der Waals surface area contributed by atoms with E-state index in [9.17, 15) is 27.6 Å². The van der Waals surface area contributed by atoms with Gasteiger partial charge >= 0.3 is 17.8 Å². The summed E-state index contributed by atoms with van der Waals surface area (Å²) in [4.78, 5) is 39.0. The van der Waals surface area contributed by atoms with Gasteiger partial charge in [0.1, 0.15) is 17.1 Å². The smallest absolute Gasteiger partial charge is 0.417 e. The summed E-state index contributed by atoms with van der Waals surface area (Å²) in [5, 5.41) is -0.198. The number of aryl methyl sites for hydroxylation is 1. The normalized spacial score (nSPS) is 12.2. The summed E-state index contributed by atoms with van der Waals surface area (Å²) in [5.41, 5.74) is -0.993. The molecule has 3 rings (SSSR count). The number of nitrogens with zero attached hydrogens (tertiary/aromatic N) is 2. The van der Waals surface area contributed by atoms with E-state index in [0.717, 1.165) is 10.5 Å². The van der Waals surface area contributed by atoms with E-state index in [4.69, 9.17) is 13.9 Å². The summed E-state index contributed by atoms with van der Waals surface area (Å²) in [7, 11) is 3.19. The van der Waals surface area contributed by atoms with Crippen LogP contribution in [0.1, 0.15) is 55.8 Å². The lowest BCUT2D eigenvalue weighted by Crippen LogP contribution is -2.42. The maximum atomic E-state index is 13.5. The van der Waals surface area contributed by atoms with Crippen LogP contribution in [0.25, 0.3) is 11.0 Å². The Labute approximate surface area is 230 Å². The van der Waals surface area contributed by atoms with Gasteiger partial charge in [0.2, 0.25) is 6.41 Å². The first-order valence-electron chi connectivity index (χ1n) is 12.9. The number of carbonyl (C=O) groups excluding carboxylic acids is 2. The van der Waals surface area contributed by atoms with E-state index in [0.29, 0.717) is 55.2 Å². The minimum atomic E-state index is -4.71. The van der Waals surface area contributed by atoms with Gasteiger partial charge in [-0.15, -0.1) is 0 Å². The molecule has 0 saturated heterocycles. The van der Waals surface area contributed by atoms with Crippen LogP contribution in [0.3, 0.4) is 0 Å². The molecule has 1 heterocycles. The highest BCUT2D eigenvalue weighted by Gasteiger charge is 2.34. The third-order valence-electron chi connectivity index (χ3n) is 6.68. The highest BCUT2D eigenvalue weighted by atomic mass is 19.4. The van der Waals surface area contributed by atoms with Crippen LogP contribution in [-0.4, -0.2) is 49.6 Å². The third kappa shape index (κ3) is 7.13. The lowest BCUT2D eigenvalue weighted by Gasteiger charge is -2.29. The van der Waals surface area contributed by atoms with Crippen LogP contribution in [0.4, 0.5) is 18.0 Å². The standard InChI is InChI=1S/C29H33F3N2O6/c1-5-8-23-25(14-13-22-24(29(30,31)32)17-26(36)40-27(22)23)39-16-7-6-15-34(18-35)28(37)33(3)19(2)20-9-11-21(38-4)12-10-20/h9-14,17-19H,5-8,15-16H2,1-4H3. The first-order chi connectivity index (χ1) is 19.0. The van der Waals surface area contributed by atoms with Crippen molar-refractivity contribution >= 4 is 23.4 Å². The zero-order valence-corrected chi connectivity index (χ0v) is 22.9. The molecule has 0 aliphatic rings. The fraction of sp³-hybridized carbons (Fsp3) is 0.414. The average Bonchev–Trinajstić information content (AvgIpc) is 2.94. The molecule has 0 spiro atoms. The SMILES string of the molecule is CCCc1c(OCCCCN(C=O)C(=O)N(C)C(C)c2ccc(OC)cc2)ccc2c(C(F)(F)F)cc(=O)oc12. The molecule has 40 heavy (non-hydrogen) atoms. The number of halogens is 3. The van der Waals surface area contributed by atoms with Crippen molar-refractivity contribution in [3.63, 3.8) is 0 Å². The number of rotatable bonds is 12. The lowest BCUT2D eigenvalue weighted by molar-refractivity contribution is -0.136. The highest BCUT2D eigenvalue weighted by molar-refractivity contribution is 5.86. The Morgan fingerprint density at radius 2 is 1.82 bits per heavy atom. The Balaban J connectivity index is 1.62. The van der Waals surface area contributed by atoms with Crippen molar-refractivity contribution < 1.29 is 36.7 Å². The molecule has 0 aliphatic heterocycles. The zero-order chi connectivity index (χ0) is 29.4. The Morgan fingerprint density at radius 3 is 2.42 bits per heavy atom. The number of methoxy groups -OCH3 is 1. The molecule has 0 aliphatic carbocycles. The van der Waals surface area contributed by atoms with E-state index in [2.05, 4.69) is 0 Å². The number of urea groups is 1. The third-order valence-corrected chi connectivity index (χ3v) is 6.68. The Hall–Kier alpha value is -4.02. The number of carbonyl (C=O) groups is 2. The van der Waals surface area contributed by atoms with E-state index < -0.39 is 23.4 Å². The first-order valence-corrected chi connectivity index (χ1v) is 12.9. The highest BCUT2D eigenvalue weighted by Crippen LogP contribution is 2.37. The van der Waals surface area contributed by atoms with E-state index >= 15 is 0 Å². The molecule has 11 heteroatoms. The zero-order valence-electron chi connectivity index (χ0n) is 22.9. The topological polar surface area (TPSA) is 89.3 Å². The van der Waals surface area contributed by atoms with Gasteiger partial charge in [-0.2, -0.15) is 13.2 Å². The number of hydrogen-bond donors (Lipinski definition) is 0. The molecule has 1 aromatic heterocycles. The molecule has 1 unspecified atom stereocenters. The molecular formula is C29H33F3N2O6. The predicted octanol–water partition coefficient (Wildman–Crippen LogP) is 6.20. The lowest BCUT2D eigenvalue weighted by atomic mass is 10.0. The minimum Gasteiger partial charge on any atom is -0.497 e. The van der Waals surface area contributed by atoms with Crippen LogP contribution in [0, 0.1) is 0 Å². The van der Waals surface area contributed by atoms with Crippen molar-refractivity contribution in [2.45, 2.75) is 51.7 Å². The van der Waals surface area contributed by atoms with Crippen molar-refractivity contribution in [1.29, 1.82) is 0 Å². The second-order valence-electron chi connectivity index (χ2n) is 9.34. The van der Waals surface area contributed by atoms with Gasteiger partial charge in [0.05, 0.1) is 25.3 Å². The molecule has 0 radical (unpaired) electrons. The van der Waals surface area contributed by atoms with E-state index in [1.165, 1.54) is 17.0 Å². The fourth-order valence-corrected chi connectivity index (χ4v) is 4.35. The summed E-state index contributed by atoms with van der Waals surface area (Å²) in [6, 6.07) is 9.70. The monoisotopic (exact) mass is 562 g/mol. The number of alkyl halides is 3. The number of ether oxygens (including phenoxy) is 2. The quantitative estimate of drug-likeness (QED) is 0.148. The molecule has 3 amide bonds. The van der Waals surface area contributed by atoms with Gasteiger partial charge in [-0.3, -0.25) is 9.69 Å². The maximum Gasteiger partial charge on any atom is 0.417 e. The Kier molecular flexibility index (Phi) is 10.2. The molecule has 3 aromatic rings. The summed E-state index contributed by atoms with van der Waals surface area (Å²) < 4.78 is 56.7. The van der Waals surface area contributed by atoms with Crippen molar-refractivity contribution in [3.8, 4) is 11.5 Å². The number of benzene rings is 2. The number of amides is 3. The van der Waals surface area contributed by atoms with Gasteiger partial charge in [0, 0.05) is 30.6 Å². The second-order valence-corrected chi connectivity index (χ2v) is 9.34.